The summed E-state index contributed by atoms with van der Waals surface area (Å²) in [7, 11) is 1.56. The number of ether oxygens (including phenoxy) is 1. The molecule has 1 aromatic rings. The first kappa shape index (κ1) is 13.8. The van der Waals surface area contributed by atoms with E-state index in [1.165, 1.54) is 11.1 Å². The molecule has 0 bridgehead atoms. The lowest BCUT2D eigenvalue weighted by atomic mass is 9.86. The summed E-state index contributed by atoms with van der Waals surface area (Å²) in [4.78, 5) is 0. The maximum Gasteiger partial charge on any atom is 0.180 e. The van der Waals surface area contributed by atoms with Gasteiger partial charge in [0.25, 0.3) is 0 Å². The van der Waals surface area contributed by atoms with Crippen molar-refractivity contribution in [3.8, 4) is 0 Å². The zero-order valence-corrected chi connectivity index (χ0v) is 11.3. The van der Waals surface area contributed by atoms with Gasteiger partial charge in [-0.3, -0.25) is 5.41 Å². The monoisotopic (exact) mass is 233 g/mol. The highest BCUT2D eigenvalue weighted by Crippen LogP contribution is 2.22. The summed E-state index contributed by atoms with van der Waals surface area (Å²) in [6.07, 6.45) is 2.70. The van der Waals surface area contributed by atoms with Crippen LogP contribution in [-0.2, 0) is 16.6 Å². The molecule has 1 aromatic carbocycles. The highest BCUT2D eigenvalue weighted by Gasteiger charge is 2.12. The maximum absolute atomic E-state index is 7.40. The lowest BCUT2D eigenvalue weighted by molar-refractivity contribution is 0.384. The Morgan fingerprint density at radius 1 is 1.18 bits per heavy atom. The molecule has 0 spiro atoms. The van der Waals surface area contributed by atoms with Crippen LogP contribution in [0.1, 0.15) is 44.7 Å². The van der Waals surface area contributed by atoms with Gasteiger partial charge in [-0.2, -0.15) is 0 Å². The first-order valence-corrected chi connectivity index (χ1v) is 6.14. The molecule has 1 rings (SSSR count). The van der Waals surface area contributed by atoms with Crippen LogP contribution in [0.4, 0.5) is 0 Å². The molecule has 2 nitrogen and oxygen atoms in total. The third-order valence-corrected chi connectivity index (χ3v) is 2.94. The second-order valence-electron chi connectivity index (χ2n) is 5.43. The molecule has 0 aromatic heterocycles. The van der Waals surface area contributed by atoms with Gasteiger partial charge in [-0.1, -0.05) is 45.0 Å². The Morgan fingerprint density at radius 2 is 1.76 bits per heavy atom. The van der Waals surface area contributed by atoms with Gasteiger partial charge in [-0.05, 0) is 29.4 Å². The van der Waals surface area contributed by atoms with Crippen LogP contribution < -0.4 is 0 Å². The third kappa shape index (κ3) is 4.59. The minimum absolute atomic E-state index is 0.219. The molecule has 0 radical (unpaired) electrons. The van der Waals surface area contributed by atoms with Gasteiger partial charge in [-0.25, -0.2) is 0 Å². The molecular weight excluding hydrogens is 210 g/mol. The Morgan fingerprint density at radius 3 is 2.24 bits per heavy atom. The minimum Gasteiger partial charge on any atom is -0.484 e. The van der Waals surface area contributed by atoms with Crippen LogP contribution >= 0.6 is 0 Å². The van der Waals surface area contributed by atoms with E-state index < -0.39 is 0 Å². The van der Waals surface area contributed by atoms with Gasteiger partial charge in [0.1, 0.15) is 0 Å². The van der Waals surface area contributed by atoms with E-state index in [1.54, 1.807) is 7.11 Å². The molecular formula is C15H23NO. The predicted octanol–water partition coefficient (Wildman–Crippen LogP) is 3.93. The van der Waals surface area contributed by atoms with Crippen molar-refractivity contribution in [3.05, 3.63) is 35.4 Å². The van der Waals surface area contributed by atoms with E-state index in [2.05, 4.69) is 45.0 Å². The smallest absolute Gasteiger partial charge is 0.180 e. The third-order valence-electron chi connectivity index (χ3n) is 2.94. The summed E-state index contributed by atoms with van der Waals surface area (Å²) in [5, 5.41) is 7.40. The van der Waals surface area contributed by atoms with Gasteiger partial charge in [0.15, 0.2) is 5.90 Å². The van der Waals surface area contributed by atoms with Crippen LogP contribution in [0, 0.1) is 5.41 Å². The molecule has 0 heterocycles. The molecule has 0 amide bonds. The van der Waals surface area contributed by atoms with Crippen LogP contribution in [0.5, 0.6) is 0 Å². The quantitative estimate of drug-likeness (QED) is 0.620. The first-order chi connectivity index (χ1) is 7.93. The van der Waals surface area contributed by atoms with Crippen LogP contribution in [0.25, 0.3) is 0 Å². The standard InChI is InChI=1S/C15H23NO/c1-15(2,3)13-10-8-12(9-11-13)6-5-7-14(16)17-4/h8-11,16H,5-7H2,1-4H3. The second-order valence-corrected chi connectivity index (χ2v) is 5.43. The average Bonchev–Trinajstić information content (AvgIpc) is 2.28. The van der Waals surface area contributed by atoms with Crippen molar-refractivity contribution < 1.29 is 4.74 Å². The predicted molar refractivity (Wildman–Crippen MR) is 72.8 cm³/mol. The fourth-order valence-corrected chi connectivity index (χ4v) is 1.73. The van der Waals surface area contributed by atoms with E-state index in [4.69, 9.17) is 10.1 Å². The number of aryl methyl sites for hydroxylation is 1. The zero-order chi connectivity index (χ0) is 12.9. The number of hydrogen-bond acceptors (Lipinski definition) is 2. The Bertz CT molecular complexity index is 360. The molecule has 0 fully saturated rings. The van der Waals surface area contributed by atoms with Crippen LogP contribution in [0.2, 0.25) is 0 Å². The summed E-state index contributed by atoms with van der Waals surface area (Å²) in [6, 6.07) is 8.79. The van der Waals surface area contributed by atoms with Crippen molar-refractivity contribution >= 4 is 5.90 Å². The lowest BCUT2D eigenvalue weighted by Gasteiger charge is -2.19. The lowest BCUT2D eigenvalue weighted by Crippen LogP contribution is -2.10. The van der Waals surface area contributed by atoms with E-state index in [1.807, 2.05) is 0 Å². The summed E-state index contributed by atoms with van der Waals surface area (Å²) in [5.74, 6) is 0.372. The van der Waals surface area contributed by atoms with Crippen molar-refractivity contribution in [1.29, 1.82) is 5.41 Å². The minimum atomic E-state index is 0.219. The van der Waals surface area contributed by atoms with Gasteiger partial charge >= 0.3 is 0 Å². The molecule has 0 unspecified atom stereocenters. The normalized spacial score (nSPS) is 11.3. The summed E-state index contributed by atoms with van der Waals surface area (Å²) in [5.41, 5.74) is 2.92. The summed E-state index contributed by atoms with van der Waals surface area (Å²) >= 11 is 0. The number of nitrogens with one attached hydrogen (secondary N) is 1. The largest absolute Gasteiger partial charge is 0.484 e. The summed E-state index contributed by atoms with van der Waals surface area (Å²) in [6.45, 7) is 6.67. The molecule has 0 saturated heterocycles. The highest BCUT2D eigenvalue weighted by molar-refractivity contribution is 5.72. The molecule has 0 aliphatic heterocycles. The SMILES string of the molecule is COC(=N)CCCc1ccc(C(C)(C)C)cc1. The second kappa shape index (κ2) is 5.85. The molecule has 17 heavy (non-hydrogen) atoms. The zero-order valence-electron chi connectivity index (χ0n) is 11.3. The van der Waals surface area contributed by atoms with Crippen LogP contribution in [-0.4, -0.2) is 13.0 Å². The molecule has 2 heteroatoms. The Labute approximate surface area is 105 Å². The van der Waals surface area contributed by atoms with E-state index in [9.17, 15) is 0 Å². The van der Waals surface area contributed by atoms with Crippen molar-refractivity contribution in [1.82, 2.24) is 0 Å². The van der Waals surface area contributed by atoms with Crippen LogP contribution in [0.15, 0.2) is 24.3 Å². The van der Waals surface area contributed by atoms with Gasteiger partial charge in [0.05, 0.1) is 7.11 Å². The van der Waals surface area contributed by atoms with E-state index >= 15 is 0 Å². The number of rotatable bonds is 4. The first-order valence-electron chi connectivity index (χ1n) is 6.14. The number of methoxy groups -OCH3 is 1. The van der Waals surface area contributed by atoms with Gasteiger partial charge in [0, 0.05) is 6.42 Å². The number of benzene rings is 1. The van der Waals surface area contributed by atoms with Crippen molar-refractivity contribution in [2.45, 2.75) is 45.4 Å². The van der Waals surface area contributed by atoms with Crippen molar-refractivity contribution in [3.63, 3.8) is 0 Å². The Kier molecular flexibility index (Phi) is 4.73. The summed E-state index contributed by atoms with van der Waals surface area (Å²) < 4.78 is 4.84. The molecule has 0 aliphatic rings. The van der Waals surface area contributed by atoms with Crippen molar-refractivity contribution in [2.24, 2.45) is 0 Å². The van der Waals surface area contributed by atoms with Gasteiger partial charge in [0.2, 0.25) is 0 Å². The Balaban J connectivity index is 2.49. The van der Waals surface area contributed by atoms with Gasteiger partial charge in [-0.15, -0.1) is 0 Å². The number of hydrogen-bond donors (Lipinski definition) is 1. The van der Waals surface area contributed by atoms with E-state index in [-0.39, 0.29) is 5.41 Å². The molecule has 0 aliphatic carbocycles. The van der Waals surface area contributed by atoms with E-state index in [0.29, 0.717) is 5.90 Å². The molecule has 0 saturated carbocycles. The maximum atomic E-state index is 7.40. The Hall–Kier alpha value is -1.31. The fraction of sp³-hybridized carbons (Fsp3) is 0.533. The molecule has 0 atom stereocenters. The molecule has 94 valence electrons. The highest BCUT2D eigenvalue weighted by atomic mass is 16.5. The average molecular weight is 233 g/mol. The molecule has 1 N–H and O–H groups in total. The topological polar surface area (TPSA) is 33.1 Å². The van der Waals surface area contributed by atoms with Crippen LogP contribution in [0.3, 0.4) is 0 Å². The van der Waals surface area contributed by atoms with Gasteiger partial charge < -0.3 is 4.74 Å². The van der Waals surface area contributed by atoms with Crippen molar-refractivity contribution in [2.75, 3.05) is 7.11 Å². The van der Waals surface area contributed by atoms with E-state index in [0.717, 1.165) is 19.3 Å². The fourth-order valence-electron chi connectivity index (χ4n) is 1.73.